The highest BCUT2D eigenvalue weighted by molar-refractivity contribution is 8.00. The van der Waals surface area contributed by atoms with Crippen LogP contribution in [0, 0.1) is 11.8 Å². The number of benzene rings is 1. The maximum Gasteiger partial charge on any atom is 0.109 e. The molecular formula is C23H26N2OS2. The Morgan fingerprint density at radius 3 is 2.89 bits per heavy atom. The third-order valence-corrected chi connectivity index (χ3v) is 8.54. The van der Waals surface area contributed by atoms with Crippen molar-refractivity contribution >= 4 is 29.2 Å². The Morgan fingerprint density at radius 1 is 1.18 bits per heavy atom. The Hall–Kier alpha value is -1.27. The highest BCUT2D eigenvalue weighted by atomic mass is 32.2. The third-order valence-electron chi connectivity index (χ3n) is 6.32. The van der Waals surface area contributed by atoms with E-state index in [0.717, 1.165) is 12.8 Å². The first-order valence-corrected chi connectivity index (χ1v) is 12.2. The Morgan fingerprint density at radius 2 is 2.04 bits per heavy atom. The van der Waals surface area contributed by atoms with Crippen LogP contribution in [-0.4, -0.2) is 40.0 Å². The molecule has 2 heterocycles. The molecule has 0 saturated heterocycles. The van der Waals surface area contributed by atoms with Crippen molar-refractivity contribution in [2.45, 2.75) is 46.5 Å². The zero-order chi connectivity index (χ0) is 19.1. The predicted octanol–water partition coefficient (Wildman–Crippen LogP) is 4.37. The number of rotatable bonds is 3. The van der Waals surface area contributed by atoms with Crippen LogP contribution in [0.1, 0.15) is 24.3 Å². The van der Waals surface area contributed by atoms with Crippen molar-refractivity contribution in [1.29, 1.82) is 0 Å². The molecule has 0 amide bonds. The van der Waals surface area contributed by atoms with Gasteiger partial charge in [-0.3, -0.25) is 10.3 Å². The average Bonchev–Trinajstić information content (AvgIpc) is 3.12. The Kier molecular flexibility index (Phi) is 5.26. The summed E-state index contributed by atoms with van der Waals surface area (Å²) in [5, 5.41) is 15.0. The van der Waals surface area contributed by atoms with E-state index in [1.807, 2.05) is 41.8 Å². The van der Waals surface area contributed by atoms with Crippen LogP contribution in [0.4, 0.5) is 0 Å². The molecule has 0 aromatic heterocycles. The SMILES string of the molecule is CSC1CC(C2CC=CC3Sc4ccccc4C32)=NC(C2C=CC=CC2O)N1. The molecule has 1 aromatic rings. The van der Waals surface area contributed by atoms with Crippen molar-refractivity contribution in [3.05, 3.63) is 66.3 Å². The predicted molar refractivity (Wildman–Crippen MR) is 120 cm³/mol. The first-order chi connectivity index (χ1) is 13.7. The maximum absolute atomic E-state index is 10.5. The minimum Gasteiger partial charge on any atom is -0.388 e. The highest BCUT2D eigenvalue weighted by Gasteiger charge is 2.42. The monoisotopic (exact) mass is 410 g/mol. The van der Waals surface area contributed by atoms with Crippen molar-refractivity contribution in [1.82, 2.24) is 5.32 Å². The van der Waals surface area contributed by atoms with Gasteiger partial charge in [-0.05, 0) is 24.3 Å². The van der Waals surface area contributed by atoms with Gasteiger partial charge in [0.15, 0.2) is 0 Å². The normalized spacial score (nSPS) is 38.8. The Labute approximate surface area is 175 Å². The van der Waals surface area contributed by atoms with Crippen molar-refractivity contribution in [3.63, 3.8) is 0 Å². The summed E-state index contributed by atoms with van der Waals surface area (Å²) in [4.78, 5) is 6.64. The second-order valence-corrected chi connectivity index (χ2v) is 10.2. The quantitative estimate of drug-likeness (QED) is 0.726. The maximum atomic E-state index is 10.5. The summed E-state index contributed by atoms with van der Waals surface area (Å²) in [6, 6.07) is 8.89. The van der Waals surface area contributed by atoms with E-state index in [-0.39, 0.29) is 12.1 Å². The number of hydrogen-bond donors (Lipinski definition) is 2. The molecule has 2 aliphatic carbocycles. The zero-order valence-corrected chi connectivity index (χ0v) is 17.6. The fraction of sp³-hybridized carbons (Fsp3) is 0.435. The lowest BCUT2D eigenvalue weighted by molar-refractivity contribution is 0.148. The van der Waals surface area contributed by atoms with E-state index in [4.69, 9.17) is 4.99 Å². The number of thioether (sulfide) groups is 2. The molecule has 2 aliphatic heterocycles. The molecule has 146 valence electrons. The average molecular weight is 411 g/mol. The molecule has 0 bridgehead atoms. The van der Waals surface area contributed by atoms with E-state index in [0.29, 0.717) is 22.5 Å². The van der Waals surface area contributed by atoms with Crippen molar-refractivity contribution < 1.29 is 5.11 Å². The molecule has 0 saturated carbocycles. The van der Waals surface area contributed by atoms with Crippen LogP contribution in [0.3, 0.4) is 0 Å². The first-order valence-electron chi connectivity index (χ1n) is 10.1. The number of hydrogen-bond acceptors (Lipinski definition) is 5. The highest BCUT2D eigenvalue weighted by Crippen LogP contribution is 2.53. The molecule has 0 radical (unpaired) electrons. The van der Waals surface area contributed by atoms with E-state index < -0.39 is 6.10 Å². The second-order valence-electron chi connectivity index (χ2n) is 7.91. The van der Waals surface area contributed by atoms with Gasteiger partial charge < -0.3 is 5.11 Å². The first kappa shape index (κ1) is 18.7. The van der Waals surface area contributed by atoms with Crippen molar-refractivity contribution in [2.24, 2.45) is 16.8 Å². The minimum absolute atomic E-state index is 0.00452. The molecule has 5 heteroatoms. The van der Waals surface area contributed by atoms with Gasteiger partial charge in [-0.1, -0.05) is 54.7 Å². The molecule has 0 spiro atoms. The van der Waals surface area contributed by atoms with Gasteiger partial charge in [-0.15, -0.1) is 23.5 Å². The van der Waals surface area contributed by atoms with Gasteiger partial charge >= 0.3 is 0 Å². The number of nitrogens with zero attached hydrogens (tertiary/aromatic N) is 1. The molecule has 7 atom stereocenters. The van der Waals surface area contributed by atoms with E-state index in [9.17, 15) is 5.11 Å². The van der Waals surface area contributed by atoms with E-state index in [1.165, 1.54) is 16.2 Å². The number of aliphatic hydroxyl groups is 1. The molecule has 0 fully saturated rings. The lowest BCUT2D eigenvalue weighted by Crippen LogP contribution is -2.49. The Balaban J connectivity index is 1.49. The van der Waals surface area contributed by atoms with Crippen molar-refractivity contribution in [2.75, 3.05) is 6.26 Å². The van der Waals surface area contributed by atoms with E-state index >= 15 is 0 Å². The fourth-order valence-corrected chi connectivity index (χ4v) is 7.00. The van der Waals surface area contributed by atoms with Crippen LogP contribution in [0.5, 0.6) is 0 Å². The van der Waals surface area contributed by atoms with Gasteiger partial charge in [-0.25, -0.2) is 0 Å². The van der Waals surface area contributed by atoms with Gasteiger partial charge in [0, 0.05) is 40.0 Å². The van der Waals surface area contributed by atoms with Crippen LogP contribution >= 0.6 is 23.5 Å². The third kappa shape index (κ3) is 3.32. The molecule has 1 aromatic carbocycles. The Bertz CT molecular complexity index is 862. The van der Waals surface area contributed by atoms with Gasteiger partial charge in [0.2, 0.25) is 0 Å². The number of nitrogens with one attached hydrogen (secondary N) is 1. The van der Waals surface area contributed by atoms with Gasteiger partial charge in [0.1, 0.15) is 6.17 Å². The number of aliphatic hydroxyl groups excluding tert-OH is 1. The molecular weight excluding hydrogens is 384 g/mol. The molecule has 2 N–H and O–H groups in total. The molecule has 28 heavy (non-hydrogen) atoms. The molecule has 7 unspecified atom stereocenters. The van der Waals surface area contributed by atoms with E-state index in [2.05, 4.69) is 54.1 Å². The summed E-state index contributed by atoms with van der Waals surface area (Å²) >= 11 is 3.86. The lowest BCUT2D eigenvalue weighted by Gasteiger charge is -2.39. The molecule has 3 nitrogen and oxygen atoms in total. The second kappa shape index (κ2) is 7.86. The zero-order valence-electron chi connectivity index (χ0n) is 15.9. The standard InChI is InChI=1S/C23H26N2OS2/c1-27-21-13-17(24-23(25-21)15-7-2-4-10-18(15)26)14-9-6-12-20-22(14)16-8-3-5-11-19(16)28-20/h2-8,10-12,14-15,18,20-23,25-26H,9,13H2,1H3. The van der Waals surface area contributed by atoms with Crippen LogP contribution in [0.2, 0.25) is 0 Å². The largest absolute Gasteiger partial charge is 0.388 e. The summed E-state index contributed by atoms with van der Waals surface area (Å²) in [6.07, 6.45) is 16.3. The summed E-state index contributed by atoms with van der Waals surface area (Å²) in [7, 11) is 0. The van der Waals surface area contributed by atoms with Gasteiger partial charge in [0.05, 0.1) is 11.5 Å². The summed E-state index contributed by atoms with van der Waals surface area (Å²) in [5.74, 6) is 0.957. The molecule has 4 aliphatic rings. The van der Waals surface area contributed by atoms with Crippen LogP contribution < -0.4 is 5.32 Å². The van der Waals surface area contributed by atoms with Gasteiger partial charge in [-0.2, -0.15) is 0 Å². The summed E-state index contributed by atoms with van der Waals surface area (Å²) in [5.41, 5.74) is 2.82. The lowest BCUT2D eigenvalue weighted by atomic mass is 9.74. The minimum atomic E-state index is -0.477. The number of fused-ring (bicyclic) bond motifs is 3. The smallest absolute Gasteiger partial charge is 0.109 e. The topological polar surface area (TPSA) is 44.6 Å². The van der Waals surface area contributed by atoms with Crippen LogP contribution in [-0.2, 0) is 0 Å². The van der Waals surface area contributed by atoms with Gasteiger partial charge in [0.25, 0.3) is 0 Å². The molecule has 5 rings (SSSR count). The summed E-state index contributed by atoms with van der Waals surface area (Å²) < 4.78 is 0. The fourth-order valence-electron chi connectivity index (χ4n) is 4.92. The number of aliphatic imine (C=N–C) groups is 1. The van der Waals surface area contributed by atoms with Crippen LogP contribution in [0.15, 0.2) is 70.6 Å². The van der Waals surface area contributed by atoms with Crippen LogP contribution in [0.25, 0.3) is 0 Å². The summed E-state index contributed by atoms with van der Waals surface area (Å²) in [6.45, 7) is 0. The van der Waals surface area contributed by atoms with E-state index in [1.54, 1.807) is 0 Å². The number of allylic oxidation sites excluding steroid dienone is 3. The van der Waals surface area contributed by atoms with Crippen molar-refractivity contribution in [3.8, 4) is 0 Å².